The Labute approximate surface area is 243 Å². The van der Waals surface area contributed by atoms with Crippen molar-refractivity contribution in [2.24, 2.45) is 12.2 Å². The van der Waals surface area contributed by atoms with Gasteiger partial charge in [-0.2, -0.15) is 5.10 Å². The van der Waals surface area contributed by atoms with Crippen molar-refractivity contribution < 1.29 is 23.5 Å². The van der Waals surface area contributed by atoms with Crippen molar-refractivity contribution in [3.05, 3.63) is 54.2 Å². The van der Waals surface area contributed by atoms with Crippen LogP contribution in [-0.4, -0.2) is 68.1 Å². The number of aryl methyl sites for hydroxylation is 1. The highest BCUT2D eigenvalue weighted by Gasteiger charge is 2.43. The molecule has 0 bridgehead atoms. The molecule has 2 aliphatic heterocycles. The Bertz CT molecular complexity index is 1580. The molecule has 220 valence electrons. The van der Waals surface area contributed by atoms with Crippen LogP contribution in [0, 0.1) is 0 Å². The van der Waals surface area contributed by atoms with E-state index in [1.54, 1.807) is 10.7 Å². The van der Waals surface area contributed by atoms with E-state index in [-0.39, 0.29) is 17.7 Å². The van der Waals surface area contributed by atoms with Crippen molar-refractivity contribution in [2.45, 2.75) is 63.0 Å². The molecule has 1 N–H and O–H groups in total. The monoisotopic (exact) mass is 573 g/mol. The summed E-state index contributed by atoms with van der Waals surface area (Å²) in [7, 11) is 3.98. The molecule has 0 saturated carbocycles. The van der Waals surface area contributed by atoms with E-state index in [1.165, 1.54) is 6.26 Å². The first kappa shape index (κ1) is 27.8. The maximum absolute atomic E-state index is 13.4. The van der Waals surface area contributed by atoms with Gasteiger partial charge in [0, 0.05) is 75.1 Å². The van der Waals surface area contributed by atoms with Gasteiger partial charge < -0.3 is 24.1 Å². The summed E-state index contributed by atoms with van der Waals surface area (Å²) < 4.78 is 12.3. The average Bonchev–Trinajstić information content (AvgIpc) is 3.80. The second-order valence-electron chi connectivity index (χ2n) is 11.4. The number of likely N-dealkylation sites (tertiary alicyclic amines) is 1. The molecule has 4 aromatic rings. The number of ketones is 1. The molecule has 0 aliphatic carbocycles. The van der Waals surface area contributed by atoms with Crippen LogP contribution in [0.2, 0.25) is 0 Å². The van der Waals surface area contributed by atoms with Crippen molar-refractivity contribution in [2.75, 3.05) is 20.1 Å². The van der Waals surface area contributed by atoms with E-state index >= 15 is 0 Å². The van der Waals surface area contributed by atoms with Crippen molar-refractivity contribution in [3.8, 4) is 11.3 Å². The zero-order chi connectivity index (χ0) is 29.1. The first-order chi connectivity index (χ1) is 20.4. The van der Waals surface area contributed by atoms with E-state index in [0.29, 0.717) is 48.5 Å². The summed E-state index contributed by atoms with van der Waals surface area (Å²) in [4.78, 5) is 33.7. The Kier molecular flexibility index (Phi) is 7.88. The SMILES string of the molecule is CN1CCC2(CC1)CC(C(=O)NC(CCCCCC(=O)c1ccon1)c1cc(-c3ccc4nn(C)cc4c3)on1)=NO2. The lowest BCUT2D eigenvalue weighted by Crippen LogP contribution is -2.44. The molecule has 1 amide bonds. The number of nitrogens with one attached hydrogen (secondary N) is 1. The number of Topliss-reactive ketones (excluding diaryl/α,β-unsaturated/α-hetero) is 1. The number of oxime groups is 1. The number of piperidine rings is 1. The summed E-state index contributed by atoms with van der Waals surface area (Å²) in [6.07, 6.45) is 8.84. The van der Waals surface area contributed by atoms with Gasteiger partial charge in [0.2, 0.25) is 0 Å². The first-order valence-corrected chi connectivity index (χ1v) is 14.5. The van der Waals surface area contributed by atoms with E-state index in [9.17, 15) is 9.59 Å². The predicted molar refractivity (Wildman–Crippen MR) is 154 cm³/mol. The normalized spacial score (nSPS) is 17.3. The number of rotatable bonds is 11. The molecule has 1 saturated heterocycles. The second kappa shape index (κ2) is 11.9. The number of amides is 1. The number of nitrogens with zero attached hydrogens (tertiary/aromatic N) is 6. The van der Waals surface area contributed by atoms with Gasteiger partial charge in [-0.1, -0.05) is 28.3 Å². The quantitative estimate of drug-likeness (QED) is 0.203. The van der Waals surface area contributed by atoms with Crippen molar-refractivity contribution in [1.82, 2.24) is 30.3 Å². The van der Waals surface area contributed by atoms with Crippen LogP contribution in [0.5, 0.6) is 0 Å². The molecule has 5 heterocycles. The van der Waals surface area contributed by atoms with Crippen LogP contribution in [0.3, 0.4) is 0 Å². The van der Waals surface area contributed by atoms with Gasteiger partial charge in [-0.15, -0.1) is 0 Å². The maximum Gasteiger partial charge on any atom is 0.269 e. The molecular weight excluding hydrogens is 538 g/mol. The molecule has 1 atom stereocenters. The van der Waals surface area contributed by atoms with Gasteiger partial charge in [0.1, 0.15) is 29.0 Å². The zero-order valence-corrected chi connectivity index (χ0v) is 23.9. The van der Waals surface area contributed by atoms with Crippen LogP contribution in [0.4, 0.5) is 0 Å². The molecule has 1 aromatic carbocycles. The second-order valence-corrected chi connectivity index (χ2v) is 11.4. The van der Waals surface area contributed by atoms with Gasteiger partial charge in [0.05, 0.1) is 11.6 Å². The van der Waals surface area contributed by atoms with Gasteiger partial charge in [0.15, 0.2) is 11.5 Å². The van der Waals surface area contributed by atoms with Gasteiger partial charge in [-0.25, -0.2) is 0 Å². The summed E-state index contributed by atoms with van der Waals surface area (Å²) in [5.41, 5.74) is 2.78. The highest BCUT2D eigenvalue weighted by Crippen LogP contribution is 2.35. The van der Waals surface area contributed by atoms with Crippen LogP contribution in [0.15, 0.2) is 57.0 Å². The number of carbonyl (C=O) groups is 2. The average molecular weight is 574 g/mol. The summed E-state index contributed by atoms with van der Waals surface area (Å²) in [6.45, 7) is 1.83. The Morgan fingerprint density at radius 2 is 1.93 bits per heavy atom. The molecule has 6 rings (SSSR count). The fourth-order valence-corrected chi connectivity index (χ4v) is 5.66. The number of hydrogen-bond donors (Lipinski definition) is 1. The molecule has 2 aliphatic rings. The minimum atomic E-state index is -0.392. The predicted octanol–water partition coefficient (Wildman–Crippen LogP) is 4.45. The van der Waals surface area contributed by atoms with Crippen LogP contribution >= 0.6 is 0 Å². The molecular formula is C30H35N7O5. The van der Waals surface area contributed by atoms with Crippen molar-refractivity contribution >= 4 is 28.3 Å². The zero-order valence-electron chi connectivity index (χ0n) is 23.9. The molecule has 12 heteroatoms. The Morgan fingerprint density at radius 1 is 1.07 bits per heavy atom. The lowest BCUT2D eigenvalue weighted by molar-refractivity contribution is -0.115. The Morgan fingerprint density at radius 3 is 2.74 bits per heavy atom. The fourth-order valence-electron chi connectivity index (χ4n) is 5.66. The Balaban J connectivity index is 1.12. The molecule has 12 nitrogen and oxygen atoms in total. The largest absolute Gasteiger partial charge is 0.388 e. The van der Waals surface area contributed by atoms with E-state index in [1.807, 2.05) is 37.5 Å². The minimum absolute atomic E-state index is 0.0394. The molecule has 1 fully saturated rings. The molecule has 1 unspecified atom stereocenters. The smallest absolute Gasteiger partial charge is 0.269 e. The number of benzene rings is 1. The molecule has 1 spiro atoms. The number of hydrogen-bond acceptors (Lipinski definition) is 10. The van der Waals surface area contributed by atoms with Gasteiger partial charge >= 0.3 is 0 Å². The summed E-state index contributed by atoms with van der Waals surface area (Å²) >= 11 is 0. The fraction of sp³-hybridized carbons (Fsp3) is 0.467. The summed E-state index contributed by atoms with van der Waals surface area (Å²) in [6, 6.07) is 8.97. The third-order valence-electron chi connectivity index (χ3n) is 8.21. The van der Waals surface area contributed by atoms with E-state index in [0.717, 1.165) is 55.2 Å². The standard InChI is InChI=1S/C30H35N7O5/c1-36-13-11-30(12-14-36)18-26(35-42-30)29(39)31-23(6-4-3-5-7-27(38)24-10-15-40-33-24)25-17-28(41-34-25)20-8-9-22-21(16-20)19-37(2)32-22/h8-10,15-17,19,23H,3-7,11-14,18H2,1-2H3,(H,31,39). The number of aromatic nitrogens is 4. The van der Waals surface area contributed by atoms with Crippen molar-refractivity contribution in [3.63, 3.8) is 0 Å². The van der Waals surface area contributed by atoms with Crippen LogP contribution in [0.25, 0.3) is 22.2 Å². The van der Waals surface area contributed by atoms with Crippen LogP contribution in [0.1, 0.15) is 73.6 Å². The number of unbranched alkanes of at least 4 members (excludes halogenated alkanes) is 2. The van der Waals surface area contributed by atoms with Gasteiger partial charge in [-0.05, 0) is 38.1 Å². The molecule has 3 aromatic heterocycles. The Hall–Kier alpha value is -4.32. The van der Waals surface area contributed by atoms with E-state index in [2.05, 4.69) is 37.8 Å². The summed E-state index contributed by atoms with van der Waals surface area (Å²) in [5, 5.41) is 20.8. The third kappa shape index (κ3) is 6.13. The summed E-state index contributed by atoms with van der Waals surface area (Å²) in [5.74, 6) is 0.320. The molecule has 42 heavy (non-hydrogen) atoms. The lowest BCUT2D eigenvalue weighted by Gasteiger charge is -2.35. The number of fused-ring (bicyclic) bond motifs is 1. The van der Waals surface area contributed by atoms with Gasteiger partial charge in [0.25, 0.3) is 5.91 Å². The van der Waals surface area contributed by atoms with Gasteiger partial charge in [-0.3, -0.25) is 14.3 Å². The van der Waals surface area contributed by atoms with Crippen LogP contribution < -0.4 is 5.32 Å². The highest BCUT2D eigenvalue weighted by molar-refractivity contribution is 6.39. The minimum Gasteiger partial charge on any atom is -0.388 e. The van der Waals surface area contributed by atoms with Crippen molar-refractivity contribution in [1.29, 1.82) is 0 Å². The first-order valence-electron chi connectivity index (χ1n) is 14.5. The highest BCUT2D eigenvalue weighted by atomic mass is 16.7. The molecule has 0 radical (unpaired) electrons. The topological polar surface area (TPSA) is 141 Å². The third-order valence-corrected chi connectivity index (χ3v) is 8.21. The van der Waals surface area contributed by atoms with Crippen LogP contribution in [-0.2, 0) is 16.7 Å². The van der Waals surface area contributed by atoms with E-state index in [4.69, 9.17) is 13.9 Å². The number of carbonyl (C=O) groups excluding carboxylic acids is 2. The van der Waals surface area contributed by atoms with E-state index < -0.39 is 5.60 Å². The lowest BCUT2D eigenvalue weighted by atomic mass is 9.87. The maximum atomic E-state index is 13.4.